The average Bonchev–Trinajstić information content (AvgIpc) is 3.09. The number of H-pyrrole nitrogens is 1. The number of hydrogen-bond donors (Lipinski definition) is 2. The van der Waals surface area contributed by atoms with Crippen molar-refractivity contribution in [3.8, 4) is 6.01 Å². The SMILES string of the molecule is CCCCOc1nc(N)c2[nH]c(=O)n(CCCN(CCCN(C)C)c3ccccc3)c2n1. The number of fused-ring (bicyclic) bond motifs is 1. The van der Waals surface area contributed by atoms with E-state index < -0.39 is 0 Å². The first-order valence-corrected chi connectivity index (χ1v) is 11.3. The monoisotopic (exact) mass is 441 g/mol. The van der Waals surface area contributed by atoms with E-state index in [0.29, 0.717) is 24.3 Å². The Morgan fingerprint density at radius 2 is 1.81 bits per heavy atom. The number of nitrogens with zero attached hydrogens (tertiary/aromatic N) is 5. The Morgan fingerprint density at radius 1 is 1.06 bits per heavy atom. The summed E-state index contributed by atoms with van der Waals surface area (Å²) in [5, 5.41) is 0. The molecule has 3 aromatic rings. The molecule has 9 heteroatoms. The molecular weight excluding hydrogens is 406 g/mol. The summed E-state index contributed by atoms with van der Waals surface area (Å²) in [5.41, 5.74) is 7.96. The van der Waals surface area contributed by atoms with Gasteiger partial charge in [-0.3, -0.25) is 4.57 Å². The maximum Gasteiger partial charge on any atom is 0.327 e. The fourth-order valence-electron chi connectivity index (χ4n) is 3.62. The molecule has 2 aromatic heterocycles. The lowest BCUT2D eigenvalue weighted by molar-refractivity contribution is 0.286. The number of unbranched alkanes of at least 4 members (excludes halogenated alkanes) is 1. The fourth-order valence-corrected chi connectivity index (χ4v) is 3.62. The topological polar surface area (TPSA) is 105 Å². The Hall–Kier alpha value is -3.07. The van der Waals surface area contributed by atoms with Crippen molar-refractivity contribution in [2.75, 3.05) is 51.0 Å². The number of rotatable bonds is 13. The van der Waals surface area contributed by atoms with Gasteiger partial charge in [0.2, 0.25) is 0 Å². The average molecular weight is 442 g/mol. The minimum absolute atomic E-state index is 0.214. The molecule has 0 aliphatic carbocycles. The summed E-state index contributed by atoms with van der Waals surface area (Å²) >= 11 is 0. The van der Waals surface area contributed by atoms with Crippen LogP contribution in [-0.2, 0) is 6.54 Å². The highest BCUT2D eigenvalue weighted by molar-refractivity contribution is 5.81. The first kappa shape index (κ1) is 23.6. The van der Waals surface area contributed by atoms with E-state index in [1.807, 2.05) is 6.07 Å². The second-order valence-corrected chi connectivity index (χ2v) is 8.21. The van der Waals surface area contributed by atoms with Crippen LogP contribution in [-0.4, -0.2) is 64.8 Å². The molecule has 0 spiro atoms. The van der Waals surface area contributed by atoms with Gasteiger partial charge in [-0.15, -0.1) is 0 Å². The van der Waals surface area contributed by atoms with Gasteiger partial charge in [0, 0.05) is 25.3 Å². The van der Waals surface area contributed by atoms with Gasteiger partial charge in [-0.2, -0.15) is 9.97 Å². The second-order valence-electron chi connectivity index (χ2n) is 8.21. The number of benzene rings is 1. The van der Waals surface area contributed by atoms with Crippen LogP contribution in [0.25, 0.3) is 11.2 Å². The predicted molar refractivity (Wildman–Crippen MR) is 129 cm³/mol. The molecule has 3 N–H and O–H groups in total. The van der Waals surface area contributed by atoms with Crippen molar-refractivity contribution in [3.05, 3.63) is 40.8 Å². The number of nitrogen functional groups attached to an aromatic ring is 1. The highest BCUT2D eigenvalue weighted by Crippen LogP contribution is 2.19. The third-order valence-corrected chi connectivity index (χ3v) is 5.32. The molecule has 174 valence electrons. The van der Waals surface area contributed by atoms with Crippen LogP contribution >= 0.6 is 0 Å². The van der Waals surface area contributed by atoms with Crippen molar-refractivity contribution in [1.29, 1.82) is 0 Å². The number of imidazole rings is 1. The van der Waals surface area contributed by atoms with Gasteiger partial charge < -0.3 is 25.3 Å². The van der Waals surface area contributed by atoms with Crippen LogP contribution in [0.3, 0.4) is 0 Å². The molecule has 3 rings (SSSR count). The Balaban J connectivity index is 1.71. The molecule has 32 heavy (non-hydrogen) atoms. The summed E-state index contributed by atoms with van der Waals surface area (Å²) in [7, 11) is 4.17. The summed E-state index contributed by atoms with van der Waals surface area (Å²) in [6.45, 7) is 5.95. The van der Waals surface area contributed by atoms with E-state index in [2.05, 4.69) is 70.0 Å². The lowest BCUT2D eigenvalue weighted by Gasteiger charge is -2.25. The van der Waals surface area contributed by atoms with Gasteiger partial charge in [0.15, 0.2) is 11.5 Å². The molecule has 0 aliphatic rings. The van der Waals surface area contributed by atoms with Gasteiger partial charge in [-0.1, -0.05) is 31.5 Å². The number of hydrogen-bond acceptors (Lipinski definition) is 7. The molecule has 0 bridgehead atoms. The van der Waals surface area contributed by atoms with E-state index in [4.69, 9.17) is 10.5 Å². The molecular formula is C23H35N7O2. The quantitative estimate of drug-likeness (QED) is 0.393. The van der Waals surface area contributed by atoms with E-state index in [9.17, 15) is 4.79 Å². The molecule has 0 atom stereocenters. The van der Waals surface area contributed by atoms with Crippen molar-refractivity contribution < 1.29 is 4.74 Å². The number of anilines is 2. The van der Waals surface area contributed by atoms with Crippen LogP contribution in [0.4, 0.5) is 11.5 Å². The van der Waals surface area contributed by atoms with E-state index in [0.717, 1.165) is 45.3 Å². The number of nitrogens with one attached hydrogen (secondary N) is 1. The van der Waals surface area contributed by atoms with Gasteiger partial charge in [-0.25, -0.2) is 4.79 Å². The van der Waals surface area contributed by atoms with Crippen molar-refractivity contribution in [2.24, 2.45) is 0 Å². The third-order valence-electron chi connectivity index (χ3n) is 5.32. The number of aromatic amines is 1. The summed E-state index contributed by atoms with van der Waals surface area (Å²) in [6, 6.07) is 10.6. The summed E-state index contributed by atoms with van der Waals surface area (Å²) in [4.78, 5) is 28.6. The van der Waals surface area contributed by atoms with Gasteiger partial charge in [0.1, 0.15) is 5.52 Å². The van der Waals surface area contributed by atoms with E-state index in [1.165, 1.54) is 5.69 Å². The summed E-state index contributed by atoms with van der Waals surface area (Å²) in [6.07, 6.45) is 3.78. The number of para-hydroxylation sites is 1. The summed E-state index contributed by atoms with van der Waals surface area (Å²) in [5.74, 6) is 0.229. The Kier molecular flexibility index (Phi) is 8.49. The second kappa shape index (κ2) is 11.5. The first-order chi connectivity index (χ1) is 15.5. The zero-order chi connectivity index (χ0) is 22.9. The molecule has 0 saturated carbocycles. The zero-order valence-electron chi connectivity index (χ0n) is 19.4. The van der Waals surface area contributed by atoms with Gasteiger partial charge >= 0.3 is 11.7 Å². The van der Waals surface area contributed by atoms with Crippen LogP contribution in [0.1, 0.15) is 32.6 Å². The highest BCUT2D eigenvalue weighted by Gasteiger charge is 2.15. The van der Waals surface area contributed by atoms with Gasteiger partial charge in [0.25, 0.3) is 0 Å². The molecule has 0 unspecified atom stereocenters. The maximum atomic E-state index is 12.6. The predicted octanol–water partition coefficient (Wildman–Crippen LogP) is 2.73. The van der Waals surface area contributed by atoms with Crippen LogP contribution < -0.4 is 21.1 Å². The lowest BCUT2D eigenvalue weighted by atomic mass is 10.2. The fraction of sp³-hybridized carbons (Fsp3) is 0.522. The van der Waals surface area contributed by atoms with Gasteiger partial charge in [-0.05, 0) is 52.0 Å². The Bertz CT molecular complexity index is 1030. The van der Waals surface area contributed by atoms with E-state index >= 15 is 0 Å². The van der Waals surface area contributed by atoms with Crippen LogP contribution in [0.15, 0.2) is 35.1 Å². The summed E-state index contributed by atoms with van der Waals surface area (Å²) < 4.78 is 7.25. The van der Waals surface area contributed by atoms with Crippen molar-refractivity contribution in [3.63, 3.8) is 0 Å². The molecule has 0 saturated heterocycles. The van der Waals surface area contributed by atoms with Crippen molar-refractivity contribution in [1.82, 2.24) is 24.4 Å². The zero-order valence-corrected chi connectivity index (χ0v) is 19.4. The lowest BCUT2D eigenvalue weighted by Crippen LogP contribution is -2.29. The maximum absolute atomic E-state index is 12.6. The Morgan fingerprint density at radius 3 is 2.53 bits per heavy atom. The van der Waals surface area contributed by atoms with Crippen LogP contribution in [0.5, 0.6) is 6.01 Å². The number of ether oxygens (including phenoxy) is 1. The van der Waals surface area contributed by atoms with Gasteiger partial charge in [0.05, 0.1) is 6.61 Å². The number of aryl methyl sites for hydroxylation is 1. The minimum Gasteiger partial charge on any atom is -0.463 e. The van der Waals surface area contributed by atoms with Crippen molar-refractivity contribution >= 4 is 22.7 Å². The standard InChI is InChI=1S/C23H35N7O2/c1-4-5-17-32-22-26-20(24)19-21(27-22)30(23(31)25-19)16-10-15-29(14-9-13-28(2)3)18-11-7-6-8-12-18/h6-8,11-12H,4-5,9-10,13-17H2,1-3H3,(H,25,31)(H2,24,26,27). The molecule has 0 fully saturated rings. The van der Waals surface area contributed by atoms with Crippen molar-refractivity contribution in [2.45, 2.75) is 39.2 Å². The third kappa shape index (κ3) is 6.23. The molecule has 1 aromatic carbocycles. The molecule has 2 heterocycles. The van der Waals surface area contributed by atoms with Crippen LogP contribution in [0, 0.1) is 0 Å². The smallest absolute Gasteiger partial charge is 0.327 e. The minimum atomic E-state index is -0.231. The first-order valence-electron chi connectivity index (χ1n) is 11.3. The molecule has 0 radical (unpaired) electrons. The Labute approximate surface area is 189 Å². The largest absolute Gasteiger partial charge is 0.463 e. The molecule has 0 aliphatic heterocycles. The van der Waals surface area contributed by atoms with E-state index in [-0.39, 0.29) is 17.5 Å². The number of aromatic nitrogens is 4. The number of nitrogens with two attached hydrogens (primary N) is 1. The van der Waals surface area contributed by atoms with Crippen LogP contribution in [0.2, 0.25) is 0 Å². The van der Waals surface area contributed by atoms with E-state index in [1.54, 1.807) is 4.57 Å². The normalized spacial score (nSPS) is 11.4. The highest BCUT2D eigenvalue weighted by atomic mass is 16.5. The molecule has 0 amide bonds. The molecule has 9 nitrogen and oxygen atoms in total.